The third kappa shape index (κ3) is 4.80. The van der Waals surface area contributed by atoms with Crippen LogP contribution in [0.1, 0.15) is 41.1 Å². The van der Waals surface area contributed by atoms with Crippen molar-refractivity contribution in [1.82, 2.24) is 5.32 Å². The van der Waals surface area contributed by atoms with Gasteiger partial charge in [0.2, 0.25) is 0 Å². The Balaban J connectivity index is 1.44. The van der Waals surface area contributed by atoms with Crippen molar-refractivity contribution in [2.45, 2.75) is 38.0 Å². The Labute approximate surface area is 168 Å². The lowest BCUT2D eigenvalue weighted by molar-refractivity contribution is -0.137. The van der Waals surface area contributed by atoms with E-state index in [4.69, 9.17) is 4.74 Å². The topological polar surface area (TPSA) is 21.3 Å². The minimum atomic E-state index is -4.39. The molecular weight excluding hydrogens is 375 g/mol. The molecule has 1 aliphatic carbocycles. The van der Waals surface area contributed by atoms with Crippen LogP contribution in [0.15, 0.2) is 72.8 Å². The highest BCUT2D eigenvalue weighted by atomic mass is 19.4. The number of aryl methyl sites for hydroxylation is 1. The van der Waals surface area contributed by atoms with Crippen molar-refractivity contribution < 1.29 is 17.9 Å². The summed E-state index contributed by atoms with van der Waals surface area (Å²) in [6.07, 6.45) is -1.01. The molecule has 5 heteroatoms. The van der Waals surface area contributed by atoms with Crippen LogP contribution in [0.25, 0.3) is 0 Å². The van der Waals surface area contributed by atoms with Crippen molar-refractivity contribution in [1.29, 1.82) is 0 Å². The second kappa shape index (κ2) is 8.29. The summed E-state index contributed by atoms with van der Waals surface area (Å²) < 4.78 is 44.3. The third-order valence-electron chi connectivity index (χ3n) is 5.22. The minimum Gasteiger partial charge on any atom is -0.457 e. The van der Waals surface area contributed by atoms with Gasteiger partial charge in [0.1, 0.15) is 11.5 Å². The summed E-state index contributed by atoms with van der Waals surface area (Å²) in [7, 11) is 0. The van der Waals surface area contributed by atoms with Crippen molar-refractivity contribution in [2.75, 3.05) is 0 Å². The van der Waals surface area contributed by atoms with E-state index in [9.17, 15) is 13.2 Å². The van der Waals surface area contributed by atoms with Gasteiger partial charge < -0.3 is 10.1 Å². The lowest BCUT2D eigenvalue weighted by atomic mass is 9.87. The lowest BCUT2D eigenvalue weighted by Gasteiger charge is -2.26. The summed E-state index contributed by atoms with van der Waals surface area (Å²) in [5, 5.41) is 3.61. The molecule has 0 unspecified atom stereocenters. The van der Waals surface area contributed by atoms with E-state index in [0.717, 1.165) is 37.0 Å². The van der Waals surface area contributed by atoms with Crippen molar-refractivity contribution >= 4 is 0 Å². The average Bonchev–Trinajstić information content (AvgIpc) is 2.72. The summed E-state index contributed by atoms with van der Waals surface area (Å²) in [6.45, 7) is 0.665. The SMILES string of the molecule is FC(F)(F)c1cccc(Oc2cccc(CN[C@H]3CCCc4ccccc43)c2)c1. The van der Waals surface area contributed by atoms with Gasteiger partial charge in [-0.05, 0) is 66.3 Å². The average molecular weight is 397 g/mol. The number of hydrogen-bond acceptors (Lipinski definition) is 2. The highest BCUT2D eigenvalue weighted by Crippen LogP contribution is 2.33. The molecule has 3 aromatic carbocycles. The Morgan fingerprint density at radius 1 is 0.897 bits per heavy atom. The molecule has 1 atom stereocenters. The van der Waals surface area contributed by atoms with Gasteiger partial charge in [0.05, 0.1) is 5.56 Å². The Hall–Kier alpha value is -2.79. The van der Waals surface area contributed by atoms with Crippen LogP contribution in [0, 0.1) is 0 Å². The van der Waals surface area contributed by atoms with Gasteiger partial charge in [-0.15, -0.1) is 0 Å². The largest absolute Gasteiger partial charge is 0.457 e. The number of ether oxygens (including phenoxy) is 1. The van der Waals surface area contributed by atoms with Crippen LogP contribution in [-0.4, -0.2) is 0 Å². The molecule has 1 N–H and O–H groups in total. The fourth-order valence-corrected chi connectivity index (χ4v) is 3.80. The van der Waals surface area contributed by atoms with Crippen molar-refractivity contribution in [2.24, 2.45) is 0 Å². The van der Waals surface area contributed by atoms with E-state index in [1.165, 1.54) is 23.3 Å². The first-order valence-electron chi connectivity index (χ1n) is 9.74. The van der Waals surface area contributed by atoms with Crippen molar-refractivity contribution in [3.63, 3.8) is 0 Å². The molecule has 0 aliphatic heterocycles. The zero-order valence-electron chi connectivity index (χ0n) is 15.9. The zero-order valence-corrected chi connectivity index (χ0v) is 15.9. The van der Waals surface area contributed by atoms with E-state index in [1.807, 2.05) is 18.2 Å². The summed E-state index contributed by atoms with van der Waals surface area (Å²) in [5.74, 6) is 0.693. The van der Waals surface area contributed by atoms with Gasteiger partial charge in [-0.2, -0.15) is 13.2 Å². The van der Waals surface area contributed by atoms with E-state index >= 15 is 0 Å². The first-order chi connectivity index (χ1) is 14.0. The number of rotatable bonds is 5. The second-order valence-corrected chi connectivity index (χ2v) is 7.30. The van der Waals surface area contributed by atoms with Gasteiger partial charge in [0.25, 0.3) is 0 Å². The smallest absolute Gasteiger partial charge is 0.416 e. The van der Waals surface area contributed by atoms with Crippen LogP contribution < -0.4 is 10.1 Å². The molecule has 1 aliphatic rings. The standard InChI is InChI=1S/C24H22F3NO/c25-24(26,27)19-9-5-11-21(15-19)29-20-10-3-6-17(14-20)16-28-23-13-4-8-18-7-1-2-12-22(18)23/h1-3,5-7,9-12,14-15,23,28H,4,8,13,16H2/t23-/m0/s1. The molecule has 0 radical (unpaired) electrons. The molecular formula is C24H22F3NO. The molecule has 4 rings (SSSR count). The van der Waals surface area contributed by atoms with Crippen molar-refractivity contribution in [3.8, 4) is 11.5 Å². The highest BCUT2D eigenvalue weighted by molar-refractivity contribution is 5.37. The molecule has 0 aromatic heterocycles. The maximum Gasteiger partial charge on any atom is 0.416 e. The summed E-state index contributed by atoms with van der Waals surface area (Å²) in [4.78, 5) is 0. The van der Waals surface area contributed by atoms with Gasteiger partial charge in [-0.25, -0.2) is 0 Å². The maximum absolute atomic E-state index is 12.9. The summed E-state index contributed by atoms with van der Waals surface area (Å²) in [6, 6.07) is 21.2. The van der Waals surface area contributed by atoms with E-state index in [0.29, 0.717) is 18.3 Å². The van der Waals surface area contributed by atoms with Gasteiger partial charge in [0, 0.05) is 12.6 Å². The Bertz CT molecular complexity index is 984. The summed E-state index contributed by atoms with van der Waals surface area (Å²) >= 11 is 0. The lowest BCUT2D eigenvalue weighted by Crippen LogP contribution is -2.24. The minimum absolute atomic E-state index is 0.172. The predicted molar refractivity (Wildman–Crippen MR) is 107 cm³/mol. The van der Waals surface area contributed by atoms with Crippen LogP contribution in [0.3, 0.4) is 0 Å². The quantitative estimate of drug-likeness (QED) is 0.519. The van der Waals surface area contributed by atoms with E-state index in [-0.39, 0.29) is 5.75 Å². The Morgan fingerprint density at radius 3 is 2.48 bits per heavy atom. The van der Waals surface area contributed by atoms with Gasteiger partial charge in [-0.3, -0.25) is 0 Å². The molecule has 0 saturated carbocycles. The zero-order chi connectivity index (χ0) is 20.3. The number of alkyl halides is 3. The van der Waals surface area contributed by atoms with E-state index in [1.54, 1.807) is 6.07 Å². The molecule has 0 amide bonds. The normalized spacial score (nSPS) is 16.3. The van der Waals surface area contributed by atoms with E-state index < -0.39 is 11.7 Å². The van der Waals surface area contributed by atoms with Crippen LogP contribution in [0.4, 0.5) is 13.2 Å². The summed E-state index contributed by atoms with van der Waals surface area (Å²) in [5.41, 5.74) is 3.06. The first-order valence-corrected chi connectivity index (χ1v) is 9.74. The van der Waals surface area contributed by atoms with Crippen LogP contribution in [0.2, 0.25) is 0 Å². The fraction of sp³-hybridized carbons (Fsp3) is 0.250. The second-order valence-electron chi connectivity index (χ2n) is 7.30. The van der Waals surface area contributed by atoms with Gasteiger partial charge in [0.15, 0.2) is 0 Å². The molecule has 3 aromatic rings. The number of halogens is 3. The molecule has 0 saturated heterocycles. The van der Waals surface area contributed by atoms with Crippen molar-refractivity contribution in [3.05, 3.63) is 95.1 Å². The maximum atomic E-state index is 12.9. The highest BCUT2D eigenvalue weighted by Gasteiger charge is 2.30. The molecule has 150 valence electrons. The van der Waals surface area contributed by atoms with Gasteiger partial charge in [-0.1, -0.05) is 42.5 Å². The molecule has 2 nitrogen and oxygen atoms in total. The molecule has 0 heterocycles. The van der Waals surface area contributed by atoms with Crippen LogP contribution in [0.5, 0.6) is 11.5 Å². The third-order valence-corrected chi connectivity index (χ3v) is 5.22. The number of benzene rings is 3. The monoisotopic (exact) mass is 397 g/mol. The van der Waals surface area contributed by atoms with Gasteiger partial charge >= 0.3 is 6.18 Å². The first kappa shape index (κ1) is 19.5. The number of nitrogens with one attached hydrogen (secondary N) is 1. The molecule has 29 heavy (non-hydrogen) atoms. The molecule has 0 fully saturated rings. The fourth-order valence-electron chi connectivity index (χ4n) is 3.80. The number of fused-ring (bicyclic) bond motifs is 1. The Morgan fingerprint density at radius 2 is 1.66 bits per heavy atom. The predicted octanol–water partition coefficient (Wildman–Crippen LogP) is 6.66. The van der Waals surface area contributed by atoms with E-state index in [2.05, 4.69) is 29.6 Å². The van der Waals surface area contributed by atoms with Crippen LogP contribution in [-0.2, 0) is 19.1 Å². The molecule has 0 bridgehead atoms. The molecule has 0 spiro atoms. The Kier molecular flexibility index (Phi) is 5.58. The number of hydrogen-bond donors (Lipinski definition) is 1. The van der Waals surface area contributed by atoms with Crippen LogP contribution >= 0.6 is 0 Å².